The van der Waals surface area contributed by atoms with Gasteiger partial charge >= 0.3 is 0 Å². The lowest BCUT2D eigenvalue weighted by atomic mass is 9.77. The van der Waals surface area contributed by atoms with Gasteiger partial charge in [-0.25, -0.2) is 0 Å². The van der Waals surface area contributed by atoms with Crippen LogP contribution in [0.1, 0.15) is 41.5 Å². The number of benzene rings is 3. The summed E-state index contributed by atoms with van der Waals surface area (Å²) < 4.78 is 0. The van der Waals surface area contributed by atoms with E-state index in [0.717, 1.165) is 12.8 Å². The Morgan fingerprint density at radius 2 is 1.43 bits per heavy atom. The Morgan fingerprint density at radius 3 is 2.29 bits per heavy atom. The van der Waals surface area contributed by atoms with Gasteiger partial charge in [-0.05, 0) is 40.3 Å². The highest BCUT2D eigenvalue weighted by Gasteiger charge is 2.25. The Labute approximate surface area is 125 Å². The zero-order valence-corrected chi connectivity index (χ0v) is 12.0. The minimum atomic E-state index is 0.193. The summed E-state index contributed by atoms with van der Waals surface area (Å²) in [5, 5.41) is 2.63. The number of hydrogen-bond donors (Lipinski definition) is 1. The molecule has 4 rings (SSSR count). The SMILES string of the molecule is N[C@@H]1CCC(c2ccc3ccccc3c2)c2ccccc21. The lowest BCUT2D eigenvalue weighted by Gasteiger charge is -2.30. The van der Waals surface area contributed by atoms with Crippen molar-refractivity contribution in [2.75, 3.05) is 0 Å². The molecule has 0 amide bonds. The third-order valence-electron chi connectivity index (χ3n) is 4.71. The van der Waals surface area contributed by atoms with E-state index in [4.69, 9.17) is 5.73 Å². The normalized spacial score (nSPS) is 21.2. The molecule has 0 heterocycles. The zero-order chi connectivity index (χ0) is 14.2. The topological polar surface area (TPSA) is 26.0 Å². The summed E-state index contributed by atoms with van der Waals surface area (Å²) >= 11 is 0. The molecule has 1 heteroatoms. The van der Waals surface area contributed by atoms with Crippen molar-refractivity contribution in [3.63, 3.8) is 0 Å². The van der Waals surface area contributed by atoms with Gasteiger partial charge in [0.05, 0.1) is 0 Å². The minimum Gasteiger partial charge on any atom is -0.324 e. The van der Waals surface area contributed by atoms with Crippen molar-refractivity contribution in [3.05, 3.63) is 83.4 Å². The van der Waals surface area contributed by atoms with Crippen LogP contribution in [0.4, 0.5) is 0 Å². The fraction of sp³-hybridized carbons (Fsp3) is 0.200. The van der Waals surface area contributed by atoms with Crippen LogP contribution in [0.5, 0.6) is 0 Å². The second-order valence-electron chi connectivity index (χ2n) is 5.97. The summed E-state index contributed by atoms with van der Waals surface area (Å²) in [4.78, 5) is 0. The van der Waals surface area contributed by atoms with Gasteiger partial charge in [-0.15, -0.1) is 0 Å². The highest BCUT2D eigenvalue weighted by molar-refractivity contribution is 5.83. The predicted octanol–water partition coefficient (Wildman–Crippen LogP) is 4.77. The summed E-state index contributed by atoms with van der Waals surface area (Å²) in [6.07, 6.45) is 2.20. The predicted molar refractivity (Wildman–Crippen MR) is 88.4 cm³/mol. The Hall–Kier alpha value is -2.12. The molecule has 0 bridgehead atoms. The molecule has 0 spiro atoms. The summed E-state index contributed by atoms with van der Waals surface area (Å²) in [5.74, 6) is 0.477. The monoisotopic (exact) mass is 273 g/mol. The second kappa shape index (κ2) is 5.01. The molecule has 0 saturated heterocycles. The fourth-order valence-electron chi connectivity index (χ4n) is 3.59. The number of nitrogens with two attached hydrogens (primary N) is 1. The van der Waals surface area contributed by atoms with Gasteiger partial charge in [0.2, 0.25) is 0 Å². The van der Waals surface area contributed by atoms with Crippen LogP contribution < -0.4 is 5.73 Å². The van der Waals surface area contributed by atoms with E-state index in [1.165, 1.54) is 27.5 Å². The van der Waals surface area contributed by atoms with Crippen LogP contribution in [-0.2, 0) is 0 Å². The molecule has 2 atom stereocenters. The first kappa shape index (κ1) is 12.6. The van der Waals surface area contributed by atoms with Crippen LogP contribution in [0.2, 0.25) is 0 Å². The Kier molecular flexibility index (Phi) is 3.01. The third kappa shape index (κ3) is 2.14. The van der Waals surface area contributed by atoms with Crippen LogP contribution in [0, 0.1) is 0 Å². The molecule has 3 aromatic carbocycles. The smallest absolute Gasteiger partial charge is 0.0298 e. The van der Waals surface area contributed by atoms with Gasteiger partial charge in [-0.2, -0.15) is 0 Å². The molecule has 21 heavy (non-hydrogen) atoms. The zero-order valence-electron chi connectivity index (χ0n) is 12.0. The van der Waals surface area contributed by atoms with E-state index in [2.05, 4.69) is 66.7 Å². The summed E-state index contributed by atoms with van der Waals surface area (Å²) in [6, 6.07) is 24.3. The molecule has 2 N–H and O–H groups in total. The lowest BCUT2D eigenvalue weighted by Crippen LogP contribution is -2.20. The van der Waals surface area contributed by atoms with Crippen molar-refractivity contribution in [2.24, 2.45) is 5.73 Å². The molecule has 0 aliphatic heterocycles. The van der Waals surface area contributed by atoms with Gasteiger partial charge in [0.15, 0.2) is 0 Å². The molecular formula is C20H19N. The van der Waals surface area contributed by atoms with Gasteiger partial charge < -0.3 is 5.73 Å². The quantitative estimate of drug-likeness (QED) is 0.679. The van der Waals surface area contributed by atoms with E-state index >= 15 is 0 Å². The molecule has 0 saturated carbocycles. The summed E-state index contributed by atoms with van der Waals surface area (Å²) in [6.45, 7) is 0. The van der Waals surface area contributed by atoms with E-state index in [1.54, 1.807) is 0 Å². The van der Waals surface area contributed by atoms with Crippen molar-refractivity contribution < 1.29 is 0 Å². The molecule has 0 radical (unpaired) electrons. The Bertz CT molecular complexity index is 790. The molecule has 1 unspecified atom stereocenters. The van der Waals surface area contributed by atoms with E-state index in [1.807, 2.05) is 0 Å². The van der Waals surface area contributed by atoms with Crippen LogP contribution in [0.3, 0.4) is 0 Å². The maximum atomic E-state index is 6.28. The van der Waals surface area contributed by atoms with Gasteiger partial charge in [0.25, 0.3) is 0 Å². The van der Waals surface area contributed by atoms with Crippen molar-refractivity contribution >= 4 is 10.8 Å². The van der Waals surface area contributed by atoms with E-state index in [9.17, 15) is 0 Å². The lowest BCUT2D eigenvalue weighted by molar-refractivity contribution is 0.530. The highest BCUT2D eigenvalue weighted by atomic mass is 14.6. The molecule has 3 aromatic rings. The van der Waals surface area contributed by atoms with Gasteiger partial charge in [0, 0.05) is 12.0 Å². The van der Waals surface area contributed by atoms with Crippen molar-refractivity contribution in [1.29, 1.82) is 0 Å². The molecule has 1 nitrogen and oxygen atoms in total. The average molecular weight is 273 g/mol. The van der Waals surface area contributed by atoms with Crippen molar-refractivity contribution in [3.8, 4) is 0 Å². The van der Waals surface area contributed by atoms with Crippen LogP contribution in [0.15, 0.2) is 66.7 Å². The van der Waals surface area contributed by atoms with Gasteiger partial charge in [0.1, 0.15) is 0 Å². The van der Waals surface area contributed by atoms with Crippen LogP contribution in [-0.4, -0.2) is 0 Å². The maximum absolute atomic E-state index is 6.28. The van der Waals surface area contributed by atoms with E-state index < -0.39 is 0 Å². The van der Waals surface area contributed by atoms with Crippen LogP contribution >= 0.6 is 0 Å². The number of hydrogen-bond acceptors (Lipinski definition) is 1. The number of rotatable bonds is 1. The Balaban J connectivity index is 1.84. The van der Waals surface area contributed by atoms with E-state index in [0.29, 0.717) is 5.92 Å². The van der Waals surface area contributed by atoms with Crippen molar-refractivity contribution in [1.82, 2.24) is 0 Å². The molecule has 1 aliphatic carbocycles. The molecule has 0 fully saturated rings. The van der Waals surface area contributed by atoms with Gasteiger partial charge in [-0.3, -0.25) is 0 Å². The van der Waals surface area contributed by atoms with E-state index in [-0.39, 0.29) is 6.04 Å². The number of fused-ring (bicyclic) bond motifs is 2. The largest absolute Gasteiger partial charge is 0.324 e. The first-order valence-electron chi connectivity index (χ1n) is 7.66. The average Bonchev–Trinajstić information content (AvgIpc) is 2.55. The molecule has 1 aliphatic rings. The first-order valence-corrected chi connectivity index (χ1v) is 7.66. The first-order chi connectivity index (χ1) is 10.3. The summed E-state index contributed by atoms with van der Waals surface area (Å²) in [5.41, 5.74) is 10.4. The molecule has 0 aromatic heterocycles. The van der Waals surface area contributed by atoms with Crippen molar-refractivity contribution in [2.45, 2.75) is 24.8 Å². The second-order valence-corrected chi connectivity index (χ2v) is 5.97. The summed E-state index contributed by atoms with van der Waals surface area (Å²) in [7, 11) is 0. The minimum absolute atomic E-state index is 0.193. The highest BCUT2D eigenvalue weighted by Crippen LogP contribution is 2.40. The molecule has 104 valence electrons. The van der Waals surface area contributed by atoms with Gasteiger partial charge in [-0.1, -0.05) is 66.7 Å². The maximum Gasteiger partial charge on any atom is 0.0298 e. The third-order valence-corrected chi connectivity index (χ3v) is 4.71. The Morgan fingerprint density at radius 1 is 0.714 bits per heavy atom. The van der Waals surface area contributed by atoms with Crippen LogP contribution in [0.25, 0.3) is 10.8 Å². The fourth-order valence-corrected chi connectivity index (χ4v) is 3.59. The molecular weight excluding hydrogens is 254 g/mol. The standard InChI is InChI=1S/C20H19N/c21-20-12-11-17(18-7-3-4-8-19(18)20)16-10-9-14-5-1-2-6-15(14)13-16/h1-10,13,17,20H,11-12,21H2/t17?,20-/m1/s1.